The number of hydrogen-bond donors (Lipinski definition) is 1. The molecule has 1 heterocycles. The molecule has 1 unspecified atom stereocenters. The summed E-state index contributed by atoms with van der Waals surface area (Å²) in [5, 5.41) is 3.97. The Morgan fingerprint density at radius 2 is 1.96 bits per heavy atom. The minimum Gasteiger partial charge on any atom is -0.272 e. The molecule has 0 spiro atoms. The van der Waals surface area contributed by atoms with Crippen molar-refractivity contribution in [2.24, 2.45) is 5.10 Å². The molecule has 0 aliphatic carbocycles. The molecule has 2 aromatic carbocycles. The molecule has 3 aromatic rings. The van der Waals surface area contributed by atoms with E-state index in [1.165, 1.54) is 11.8 Å². The topological polar surface area (TPSA) is 54.4 Å². The maximum Gasteiger partial charge on any atom is 0.253 e. The van der Waals surface area contributed by atoms with Crippen LogP contribution >= 0.6 is 23.1 Å². The first kappa shape index (κ1) is 19.3. The van der Waals surface area contributed by atoms with Gasteiger partial charge in [0, 0.05) is 0 Å². The summed E-state index contributed by atoms with van der Waals surface area (Å²) in [5.74, 6) is -0.103. The van der Waals surface area contributed by atoms with E-state index < -0.39 is 0 Å². The summed E-state index contributed by atoms with van der Waals surface area (Å²) < 4.78 is 2.04. The first-order chi connectivity index (χ1) is 13.2. The number of benzene rings is 2. The summed E-state index contributed by atoms with van der Waals surface area (Å²) in [5.41, 5.74) is 5.49. The van der Waals surface area contributed by atoms with Crippen LogP contribution in [0.15, 0.2) is 70.1 Å². The predicted molar refractivity (Wildman–Crippen MR) is 116 cm³/mol. The largest absolute Gasteiger partial charge is 0.272 e. The molecule has 0 bridgehead atoms. The van der Waals surface area contributed by atoms with Crippen LogP contribution in [-0.2, 0) is 4.79 Å². The van der Waals surface area contributed by atoms with Gasteiger partial charge in [-0.2, -0.15) is 5.10 Å². The zero-order valence-corrected chi connectivity index (χ0v) is 16.9. The van der Waals surface area contributed by atoms with E-state index in [1.807, 2.05) is 80.6 Å². The molecule has 3 rings (SSSR count). The molecule has 27 heavy (non-hydrogen) atoms. The van der Waals surface area contributed by atoms with E-state index >= 15 is 0 Å². The average Bonchev–Trinajstić information content (AvgIpc) is 3.12. The van der Waals surface area contributed by atoms with Crippen LogP contribution in [-0.4, -0.2) is 21.9 Å². The highest BCUT2D eigenvalue weighted by Crippen LogP contribution is 2.33. The molecule has 4 nitrogen and oxygen atoms in total. The number of fused-ring (bicyclic) bond motifs is 1. The van der Waals surface area contributed by atoms with Crippen molar-refractivity contribution in [3.05, 3.63) is 66.2 Å². The molecule has 0 fully saturated rings. The second-order valence-corrected chi connectivity index (χ2v) is 8.42. The van der Waals surface area contributed by atoms with Gasteiger partial charge in [-0.25, -0.2) is 10.4 Å². The Kier molecular flexibility index (Phi) is 6.79. The molecule has 0 aliphatic heterocycles. The molecular weight excluding hydrogens is 374 g/mol. The van der Waals surface area contributed by atoms with E-state index in [4.69, 9.17) is 0 Å². The van der Waals surface area contributed by atoms with Crippen molar-refractivity contribution in [1.29, 1.82) is 0 Å². The summed E-state index contributed by atoms with van der Waals surface area (Å²) in [7, 11) is 0. The summed E-state index contributed by atoms with van der Waals surface area (Å²) in [4.78, 5) is 17.1. The molecule has 1 atom stereocenters. The number of nitrogens with one attached hydrogen (secondary N) is 1. The van der Waals surface area contributed by atoms with E-state index in [0.29, 0.717) is 6.42 Å². The minimum absolute atomic E-state index is 0.103. The lowest BCUT2D eigenvalue weighted by molar-refractivity contribution is -0.120. The quantitative estimate of drug-likeness (QED) is 0.332. The van der Waals surface area contributed by atoms with Crippen molar-refractivity contribution in [2.45, 2.75) is 29.9 Å². The van der Waals surface area contributed by atoms with Crippen LogP contribution in [0.1, 0.15) is 25.8 Å². The van der Waals surface area contributed by atoms with E-state index in [-0.39, 0.29) is 11.2 Å². The lowest BCUT2D eigenvalue weighted by Crippen LogP contribution is -2.29. The van der Waals surface area contributed by atoms with Gasteiger partial charge in [-0.05, 0) is 37.1 Å². The monoisotopic (exact) mass is 395 g/mol. The molecule has 0 saturated heterocycles. The fourth-order valence-corrected chi connectivity index (χ4v) is 4.61. The smallest absolute Gasteiger partial charge is 0.253 e. The highest BCUT2D eigenvalue weighted by atomic mass is 32.2. The number of thioether (sulfide) groups is 1. The van der Waals surface area contributed by atoms with Gasteiger partial charge in [0.15, 0.2) is 4.34 Å². The van der Waals surface area contributed by atoms with Crippen molar-refractivity contribution in [3.8, 4) is 0 Å². The van der Waals surface area contributed by atoms with Gasteiger partial charge < -0.3 is 0 Å². The van der Waals surface area contributed by atoms with Gasteiger partial charge in [-0.3, -0.25) is 4.79 Å². The van der Waals surface area contributed by atoms with Gasteiger partial charge in [0.2, 0.25) is 0 Å². The third-order valence-corrected chi connectivity index (χ3v) is 6.33. The lowest BCUT2D eigenvalue weighted by atomic mass is 10.2. The number of nitrogens with zero attached hydrogens (tertiary/aromatic N) is 2. The summed E-state index contributed by atoms with van der Waals surface area (Å²) in [6.07, 6.45) is 4.57. The second kappa shape index (κ2) is 9.48. The number of thiazole rings is 1. The third-order valence-electron chi connectivity index (χ3n) is 3.84. The number of carbonyl (C=O) groups excluding carboxylic acids is 1. The van der Waals surface area contributed by atoms with Crippen LogP contribution in [0.4, 0.5) is 0 Å². The number of para-hydroxylation sites is 1. The Hall–Kier alpha value is -2.44. The lowest BCUT2D eigenvalue weighted by Gasteiger charge is -2.10. The molecule has 0 saturated carbocycles. The van der Waals surface area contributed by atoms with Gasteiger partial charge in [0.25, 0.3) is 5.91 Å². The summed E-state index contributed by atoms with van der Waals surface area (Å²) in [6, 6.07) is 18.0. The van der Waals surface area contributed by atoms with Gasteiger partial charge >= 0.3 is 0 Å². The SMILES string of the molecule is CCC(Sc1nc2ccccc2s1)C(=O)N/N=C(C)\C=C\c1ccccc1. The van der Waals surface area contributed by atoms with Crippen LogP contribution < -0.4 is 5.43 Å². The average molecular weight is 396 g/mol. The fourth-order valence-electron chi connectivity index (χ4n) is 2.38. The third kappa shape index (κ3) is 5.52. The summed E-state index contributed by atoms with van der Waals surface area (Å²) in [6.45, 7) is 3.86. The van der Waals surface area contributed by atoms with Crippen molar-refractivity contribution >= 4 is 51.0 Å². The van der Waals surface area contributed by atoms with Gasteiger partial charge in [-0.1, -0.05) is 67.2 Å². The van der Waals surface area contributed by atoms with E-state index in [0.717, 1.165) is 25.8 Å². The molecule has 1 aromatic heterocycles. The summed E-state index contributed by atoms with van der Waals surface area (Å²) >= 11 is 3.11. The Balaban J connectivity index is 1.60. The zero-order valence-electron chi connectivity index (χ0n) is 15.3. The van der Waals surface area contributed by atoms with E-state index in [2.05, 4.69) is 15.5 Å². The number of rotatable bonds is 7. The number of amides is 1. The molecule has 138 valence electrons. The maximum absolute atomic E-state index is 12.5. The van der Waals surface area contributed by atoms with Gasteiger partial charge in [0.05, 0.1) is 21.2 Å². The second-order valence-electron chi connectivity index (χ2n) is 5.94. The molecular formula is C21H21N3OS2. The molecule has 6 heteroatoms. The van der Waals surface area contributed by atoms with Crippen LogP contribution in [0.25, 0.3) is 16.3 Å². The van der Waals surface area contributed by atoms with E-state index in [1.54, 1.807) is 11.3 Å². The molecule has 0 aliphatic rings. The first-order valence-corrected chi connectivity index (χ1v) is 10.4. The number of hydrazone groups is 1. The molecule has 0 radical (unpaired) electrons. The Labute approximate surface area is 167 Å². The Morgan fingerprint density at radius 3 is 2.70 bits per heavy atom. The number of allylic oxidation sites excluding steroid dienone is 1. The van der Waals surface area contributed by atoms with Crippen molar-refractivity contribution in [1.82, 2.24) is 10.4 Å². The fraction of sp³-hybridized carbons (Fsp3) is 0.190. The molecule has 1 amide bonds. The van der Waals surface area contributed by atoms with Crippen LogP contribution in [0.2, 0.25) is 0 Å². The number of carbonyl (C=O) groups is 1. The zero-order chi connectivity index (χ0) is 19.1. The minimum atomic E-state index is -0.222. The highest BCUT2D eigenvalue weighted by molar-refractivity contribution is 8.02. The Morgan fingerprint density at radius 1 is 1.22 bits per heavy atom. The van der Waals surface area contributed by atoms with Crippen molar-refractivity contribution in [2.75, 3.05) is 0 Å². The first-order valence-electron chi connectivity index (χ1n) is 8.75. The Bertz CT molecular complexity index is 931. The number of hydrogen-bond acceptors (Lipinski definition) is 5. The van der Waals surface area contributed by atoms with Crippen LogP contribution in [0.3, 0.4) is 0 Å². The highest BCUT2D eigenvalue weighted by Gasteiger charge is 2.19. The normalized spacial score (nSPS) is 13.2. The maximum atomic E-state index is 12.5. The van der Waals surface area contributed by atoms with Gasteiger partial charge in [0.1, 0.15) is 0 Å². The number of aromatic nitrogens is 1. The van der Waals surface area contributed by atoms with Crippen LogP contribution in [0, 0.1) is 0 Å². The van der Waals surface area contributed by atoms with Crippen LogP contribution in [0.5, 0.6) is 0 Å². The molecule has 1 N–H and O–H groups in total. The van der Waals surface area contributed by atoms with Crippen molar-refractivity contribution in [3.63, 3.8) is 0 Å². The van der Waals surface area contributed by atoms with E-state index in [9.17, 15) is 4.79 Å². The predicted octanol–water partition coefficient (Wildman–Crippen LogP) is 5.37. The van der Waals surface area contributed by atoms with Crippen molar-refractivity contribution < 1.29 is 4.79 Å². The van der Waals surface area contributed by atoms with Gasteiger partial charge in [-0.15, -0.1) is 11.3 Å². The standard InChI is InChI=1S/C21H21N3OS2/c1-3-18(26-21-22-17-11-7-8-12-19(17)27-21)20(25)24-23-15(2)13-14-16-9-5-4-6-10-16/h4-14,18H,3H2,1-2H3,(H,24,25)/b14-13+,23-15-.